The van der Waals surface area contributed by atoms with Crippen LogP contribution in [0.2, 0.25) is 0 Å². The van der Waals surface area contributed by atoms with Crippen molar-refractivity contribution in [2.24, 2.45) is 0 Å². The molecule has 1 unspecified atom stereocenters. The molecule has 0 N–H and O–H groups in total. The minimum atomic E-state index is -1.11. The summed E-state index contributed by atoms with van der Waals surface area (Å²) in [4.78, 5) is 21.9. The maximum Gasteiger partial charge on any atom is 0.272 e. The number of rotatable bonds is 6. The van der Waals surface area contributed by atoms with Gasteiger partial charge in [0.15, 0.2) is 6.29 Å². The van der Waals surface area contributed by atoms with E-state index in [0.29, 0.717) is 6.29 Å². The Hall–Kier alpha value is -2.73. The molecular formula is C17H17NO5. The van der Waals surface area contributed by atoms with Crippen molar-refractivity contribution in [3.8, 4) is 0 Å². The normalized spacial score (nSPS) is 20.7. The zero-order valence-corrected chi connectivity index (χ0v) is 12.9. The Balaban J connectivity index is 2.35. The summed E-state index contributed by atoms with van der Waals surface area (Å²) in [7, 11) is 1.36. The number of carbonyl (C=O) groups is 1. The van der Waals surface area contributed by atoms with Crippen molar-refractivity contribution in [2.45, 2.75) is 19.1 Å². The molecule has 2 rings (SSSR count). The molecule has 1 aliphatic carbocycles. The van der Waals surface area contributed by atoms with Crippen LogP contribution in [0.1, 0.15) is 12.5 Å². The van der Waals surface area contributed by atoms with E-state index >= 15 is 0 Å². The van der Waals surface area contributed by atoms with Crippen LogP contribution in [-0.2, 0) is 20.9 Å². The van der Waals surface area contributed by atoms with Crippen molar-refractivity contribution in [2.75, 3.05) is 7.11 Å². The molecule has 0 radical (unpaired) electrons. The summed E-state index contributed by atoms with van der Waals surface area (Å²) < 4.78 is 10.9. The van der Waals surface area contributed by atoms with E-state index in [1.165, 1.54) is 25.3 Å². The second-order valence-corrected chi connectivity index (χ2v) is 5.21. The Morgan fingerprint density at radius 3 is 2.52 bits per heavy atom. The lowest BCUT2D eigenvalue weighted by molar-refractivity contribution is -0.420. The molecule has 1 atom stereocenters. The first-order valence-electron chi connectivity index (χ1n) is 6.96. The first-order valence-corrected chi connectivity index (χ1v) is 6.96. The summed E-state index contributed by atoms with van der Waals surface area (Å²) in [6.45, 7) is 1.92. The highest BCUT2D eigenvalue weighted by molar-refractivity contribution is 5.80. The zero-order chi connectivity index (χ0) is 16.9. The molecule has 1 aromatic carbocycles. The maximum absolute atomic E-state index is 11.3. The number of benzene rings is 1. The predicted molar refractivity (Wildman–Crippen MR) is 84.0 cm³/mol. The Morgan fingerprint density at radius 2 is 1.96 bits per heavy atom. The van der Waals surface area contributed by atoms with Crippen LogP contribution >= 0.6 is 0 Å². The maximum atomic E-state index is 11.3. The summed E-state index contributed by atoms with van der Waals surface area (Å²) in [5.74, 6) is 0.134. The van der Waals surface area contributed by atoms with Gasteiger partial charge in [-0.25, -0.2) is 0 Å². The number of ether oxygens (including phenoxy) is 2. The van der Waals surface area contributed by atoms with Gasteiger partial charge < -0.3 is 9.47 Å². The van der Waals surface area contributed by atoms with Gasteiger partial charge in [-0.15, -0.1) is 0 Å². The van der Waals surface area contributed by atoms with Crippen molar-refractivity contribution in [1.82, 2.24) is 0 Å². The van der Waals surface area contributed by atoms with Crippen molar-refractivity contribution in [3.05, 3.63) is 81.3 Å². The highest BCUT2D eigenvalue weighted by Crippen LogP contribution is 2.27. The Bertz CT molecular complexity index is 690. The molecule has 6 nitrogen and oxygen atoms in total. The smallest absolute Gasteiger partial charge is 0.272 e. The second-order valence-electron chi connectivity index (χ2n) is 5.21. The SMILES string of the molecule is COC1=CC([N+](=O)[O-])=CC(C)(OCc2ccccc2)C=C1C=O. The van der Waals surface area contributed by atoms with Gasteiger partial charge in [0.25, 0.3) is 5.70 Å². The van der Waals surface area contributed by atoms with Gasteiger partial charge in [-0.3, -0.25) is 14.9 Å². The summed E-state index contributed by atoms with van der Waals surface area (Å²) in [5.41, 5.74) is -0.165. The van der Waals surface area contributed by atoms with Crippen molar-refractivity contribution < 1.29 is 19.2 Å². The zero-order valence-electron chi connectivity index (χ0n) is 12.9. The number of nitro groups is 1. The summed E-state index contributed by atoms with van der Waals surface area (Å²) in [5, 5.41) is 11.2. The van der Waals surface area contributed by atoms with Gasteiger partial charge in [-0.2, -0.15) is 0 Å². The lowest BCUT2D eigenvalue weighted by atomic mass is 10.0. The summed E-state index contributed by atoms with van der Waals surface area (Å²) in [6, 6.07) is 9.43. The van der Waals surface area contributed by atoms with E-state index in [9.17, 15) is 14.9 Å². The van der Waals surface area contributed by atoms with E-state index in [2.05, 4.69) is 0 Å². The van der Waals surface area contributed by atoms with Crippen molar-refractivity contribution in [3.63, 3.8) is 0 Å². The molecule has 0 aliphatic heterocycles. The third-order valence-corrected chi connectivity index (χ3v) is 3.39. The average Bonchev–Trinajstić information content (AvgIpc) is 2.70. The molecule has 23 heavy (non-hydrogen) atoms. The lowest BCUT2D eigenvalue weighted by Gasteiger charge is -2.22. The molecular weight excluding hydrogens is 298 g/mol. The average molecular weight is 315 g/mol. The predicted octanol–water partition coefficient (Wildman–Crippen LogP) is 2.79. The molecule has 0 saturated heterocycles. The fourth-order valence-corrected chi connectivity index (χ4v) is 2.25. The Kier molecular flexibility index (Phi) is 5.08. The van der Waals surface area contributed by atoms with Crippen LogP contribution in [-0.4, -0.2) is 23.9 Å². The Labute approximate surface area is 133 Å². The van der Waals surface area contributed by atoms with Crippen molar-refractivity contribution >= 4 is 6.29 Å². The molecule has 0 bridgehead atoms. The molecule has 1 aromatic rings. The number of methoxy groups -OCH3 is 1. The van der Waals surface area contributed by atoms with E-state index in [4.69, 9.17) is 9.47 Å². The van der Waals surface area contributed by atoms with Crippen LogP contribution < -0.4 is 0 Å². The van der Waals surface area contributed by atoms with Crippen LogP contribution in [0.15, 0.2) is 65.6 Å². The molecule has 0 saturated carbocycles. The standard InChI is InChI=1S/C17H17NO5/c1-17(23-12-13-6-4-3-5-7-13)9-14(11-19)16(22-2)8-15(10-17)18(20)21/h3-11H,12H2,1-2H3. The van der Waals surface area contributed by atoms with Gasteiger partial charge in [0.2, 0.25) is 0 Å². The Morgan fingerprint density at radius 1 is 1.26 bits per heavy atom. The van der Waals surface area contributed by atoms with Gasteiger partial charge >= 0.3 is 0 Å². The van der Waals surface area contributed by atoms with Gasteiger partial charge in [-0.1, -0.05) is 30.3 Å². The highest BCUT2D eigenvalue weighted by Gasteiger charge is 2.29. The van der Waals surface area contributed by atoms with Crippen molar-refractivity contribution in [1.29, 1.82) is 0 Å². The molecule has 0 heterocycles. The van der Waals surface area contributed by atoms with Crippen LogP contribution in [0, 0.1) is 10.1 Å². The van der Waals surface area contributed by atoms with E-state index < -0.39 is 10.5 Å². The molecule has 0 spiro atoms. The molecule has 6 heteroatoms. The highest BCUT2D eigenvalue weighted by atomic mass is 16.6. The summed E-state index contributed by atoms with van der Waals surface area (Å²) >= 11 is 0. The number of carbonyl (C=O) groups excluding carboxylic acids is 1. The number of nitrogens with zero attached hydrogens (tertiary/aromatic N) is 1. The van der Waals surface area contributed by atoms with Crippen LogP contribution in [0.4, 0.5) is 0 Å². The number of hydrogen-bond donors (Lipinski definition) is 0. The van der Waals surface area contributed by atoms with E-state index in [0.717, 1.165) is 5.56 Å². The second kappa shape index (κ2) is 7.02. The van der Waals surface area contributed by atoms with E-state index in [-0.39, 0.29) is 23.6 Å². The quantitative estimate of drug-likeness (QED) is 0.458. The first kappa shape index (κ1) is 16.6. The topological polar surface area (TPSA) is 78.7 Å². The van der Waals surface area contributed by atoms with Gasteiger partial charge in [0, 0.05) is 6.08 Å². The number of allylic oxidation sites excluding steroid dienone is 2. The molecule has 1 aliphatic rings. The van der Waals surface area contributed by atoms with Gasteiger partial charge in [0.05, 0.1) is 30.3 Å². The molecule has 0 fully saturated rings. The third-order valence-electron chi connectivity index (χ3n) is 3.39. The largest absolute Gasteiger partial charge is 0.496 e. The van der Waals surface area contributed by atoms with Crippen LogP contribution in [0.3, 0.4) is 0 Å². The molecule has 0 amide bonds. The van der Waals surface area contributed by atoms with Gasteiger partial charge in [0.1, 0.15) is 11.4 Å². The van der Waals surface area contributed by atoms with Crippen LogP contribution in [0.25, 0.3) is 0 Å². The minimum Gasteiger partial charge on any atom is -0.496 e. The van der Waals surface area contributed by atoms with Crippen LogP contribution in [0.5, 0.6) is 0 Å². The fourth-order valence-electron chi connectivity index (χ4n) is 2.25. The molecule has 120 valence electrons. The first-order chi connectivity index (χ1) is 11.0. The molecule has 0 aromatic heterocycles. The number of hydrogen-bond acceptors (Lipinski definition) is 5. The minimum absolute atomic E-state index is 0.134. The number of aldehydes is 1. The fraction of sp³-hybridized carbons (Fsp3) is 0.235. The summed E-state index contributed by atoms with van der Waals surface area (Å²) in [6.07, 6.45) is 4.70. The van der Waals surface area contributed by atoms with E-state index in [1.807, 2.05) is 30.3 Å². The van der Waals surface area contributed by atoms with Gasteiger partial charge in [-0.05, 0) is 18.6 Å². The monoisotopic (exact) mass is 315 g/mol. The third kappa shape index (κ3) is 4.14. The lowest BCUT2D eigenvalue weighted by Crippen LogP contribution is -2.25. The van der Waals surface area contributed by atoms with E-state index in [1.54, 1.807) is 6.92 Å².